The van der Waals surface area contributed by atoms with Gasteiger partial charge in [0.2, 0.25) is 10.0 Å². The summed E-state index contributed by atoms with van der Waals surface area (Å²) in [6.07, 6.45) is 3.27. The van der Waals surface area contributed by atoms with Gasteiger partial charge in [-0.25, -0.2) is 8.42 Å². The lowest BCUT2D eigenvalue weighted by Gasteiger charge is -2.32. The topological polar surface area (TPSA) is 49.4 Å². The van der Waals surface area contributed by atoms with E-state index in [4.69, 9.17) is 0 Å². The molecule has 0 atom stereocenters. The number of hydrogen-bond donors (Lipinski definition) is 1. The van der Waals surface area contributed by atoms with Gasteiger partial charge in [0.25, 0.3) is 0 Å². The molecule has 0 aromatic heterocycles. The van der Waals surface area contributed by atoms with E-state index < -0.39 is 10.0 Å². The molecule has 0 saturated carbocycles. The Morgan fingerprint density at radius 3 is 2.53 bits per heavy atom. The summed E-state index contributed by atoms with van der Waals surface area (Å²) in [7, 11) is -3.13. The van der Waals surface area contributed by atoms with Crippen LogP contribution < -0.4 is 5.32 Å². The number of rotatable bonds is 5. The molecule has 5 heteroatoms. The van der Waals surface area contributed by atoms with Crippen molar-refractivity contribution in [2.24, 2.45) is 0 Å². The highest BCUT2D eigenvalue weighted by Crippen LogP contribution is 2.16. The third-order valence-corrected chi connectivity index (χ3v) is 4.64. The minimum Gasteiger partial charge on any atom is -0.317 e. The van der Waals surface area contributed by atoms with E-state index in [1.165, 1.54) is 6.08 Å². The smallest absolute Gasteiger partial charge is 0.217 e. The normalized spacial score (nSPS) is 19.3. The first kappa shape index (κ1) is 12.7. The van der Waals surface area contributed by atoms with Crippen LogP contribution in [0.2, 0.25) is 0 Å². The molecule has 88 valence electrons. The Bertz CT molecular complexity index is 295. The monoisotopic (exact) mass is 232 g/mol. The van der Waals surface area contributed by atoms with E-state index >= 15 is 0 Å². The summed E-state index contributed by atoms with van der Waals surface area (Å²) in [5.74, 6) is 0.0464. The van der Waals surface area contributed by atoms with Crippen molar-refractivity contribution in [1.29, 1.82) is 0 Å². The molecule has 1 rings (SSSR count). The summed E-state index contributed by atoms with van der Waals surface area (Å²) >= 11 is 0. The molecule has 0 aromatic rings. The van der Waals surface area contributed by atoms with Gasteiger partial charge in [0.15, 0.2) is 0 Å². The van der Waals surface area contributed by atoms with Gasteiger partial charge in [-0.05, 0) is 25.9 Å². The van der Waals surface area contributed by atoms with E-state index in [0.29, 0.717) is 6.54 Å². The Labute approximate surface area is 92.4 Å². The molecule has 1 N–H and O–H groups in total. The highest BCUT2D eigenvalue weighted by molar-refractivity contribution is 7.89. The van der Waals surface area contributed by atoms with Gasteiger partial charge in [0.05, 0.1) is 5.75 Å². The zero-order valence-electron chi connectivity index (χ0n) is 9.28. The summed E-state index contributed by atoms with van der Waals surface area (Å²) in [6, 6.07) is 0.168. The molecule has 4 nitrogen and oxygen atoms in total. The quantitative estimate of drug-likeness (QED) is 0.705. The summed E-state index contributed by atoms with van der Waals surface area (Å²) in [5.41, 5.74) is 0. The Kier molecular flexibility index (Phi) is 4.76. The zero-order valence-corrected chi connectivity index (χ0v) is 10.1. The fourth-order valence-electron chi connectivity index (χ4n) is 2.02. The van der Waals surface area contributed by atoms with E-state index in [1.807, 2.05) is 6.92 Å². The lowest BCUT2D eigenvalue weighted by molar-refractivity contribution is 0.271. The summed E-state index contributed by atoms with van der Waals surface area (Å²) < 4.78 is 25.4. The molecule has 15 heavy (non-hydrogen) atoms. The van der Waals surface area contributed by atoms with Crippen molar-refractivity contribution in [2.75, 3.05) is 25.4 Å². The maximum Gasteiger partial charge on any atom is 0.217 e. The fourth-order valence-corrected chi connectivity index (χ4v) is 3.57. The van der Waals surface area contributed by atoms with Crippen LogP contribution in [0, 0.1) is 0 Å². The van der Waals surface area contributed by atoms with Gasteiger partial charge in [0.1, 0.15) is 0 Å². The summed E-state index contributed by atoms with van der Waals surface area (Å²) in [4.78, 5) is 0. The summed E-state index contributed by atoms with van der Waals surface area (Å²) in [5, 5.41) is 3.24. The van der Waals surface area contributed by atoms with E-state index in [0.717, 1.165) is 25.9 Å². The maximum absolute atomic E-state index is 11.9. The van der Waals surface area contributed by atoms with Gasteiger partial charge >= 0.3 is 0 Å². The molecule has 0 amide bonds. The standard InChI is InChI=1S/C10H20N2O2S/c1-3-9-15(13,14)12(4-2)10-5-7-11-8-6-10/h3,10-11H,1,4-9H2,2H3. The third kappa shape index (κ3) is 3.29. The molecule has 0 aromatic carbocycles. The highest BCUT2D eigenvalue weighted by Gasteiger charge is 2.28. The van der Waals surface area contributed by atoms with Crippen LogP contribution in [0.5, 0.6) is 0 Å². The molecule has 1 fully saturated rings. The van der Waals surface area contributed by atoms with Gasteiger partial charge in [-0.15, -0.1) is 6.58 Å². The Hall–Kier alpha value is -0.390. The molecule has 1 saturated heterocycles. The molecular weight excluding hydrogens is 212 g/mol. The largest absolute Gasteiger partial charge is 0.317 e. The molecular formula is C10H20N2O2S. The second-order valence-electron chi connectivity index (χ2n) is 3.75. The van der Waals surface area contributed by atoms with Crippen molar-refractivity contribution in [3.05, 3.63) is 12.7 Å². The van der Waals surface area contributed by atoms with Crippen LogP contribution >= 0.6 is 0 Å². The van der Waals surface area contributed by atoms with Crippen LogP contribution in [-0.2, 0) is 10.0 Å². The predicted molar refractivity (Wildman–Crippen MR) is 62.3 cm³/mol. The molecule has 0 aliphatic carbocycles. The van der Waals surface area contributed by atoms with Gasteiger partial charge in [0, 0.05) is 12.6 Å². The van der Waals surface area contributed by atoms with Crippen molar-refractivity contribution >= 4 is 10.0 Å². The number of nitrogens with one attached hydrogen (secondary N) is 1. The number of nitrogens with zero attached hydrogens (tertiary/aromatic N) is 1. The minimum absolute atomic E-state index is 0.0464. The lowest BCUT2D eigenvalue weighted by Crippen LogP contribution is -2.46. The van der Waals surface area contributed by atoms with Crippen molar-refractivity contribution in [3.8, 4) is 0 Å². The van der Waals surface area contributed by atoms with Crippen LogP contribution in [0.3, 0.4) is 0 Å². The number of hydrogen-bond acceptors (Lipinski definition) is 3. The van der Waals surface area contributed by atoms with Crippen LogP contribution in [0.1, 0.15) is 19.8 Å². The second kappa shape index (κ2) is 5.63. The van der Waals surface area contributed by atoms with E-state index in [2.05, 4.69) is 11.9 Å². The minimum atomic E-state index is -3.13. The first-order chi connectivity index (χ1) is 7.11. The Morgan fingerprint density at radius 2 is 2.07 bits per heavy atom. The Balaban J connectivity index is 2.72. The average molecular weight is 232 g/mol. The Morgan fingerprint density at radius 1 is 1.47 bits per heavy atom. The average Bonchev–Trinajstić information content (AvgIpc) is 2.19. The SMILES string of the molecule is C=CCS(=O)(=O)N(CC)C1CCNCC1. The van der Waals surface area contributed by atoms with Crippen LogP contribution in [0.15, 0.2) is 12.7 Å². The van der Waals surface area contributed by atoms with Gasteiger partial charge in [-0.3, -0.25) is 0 Å². The van der Waals surface area contributed by atoms with Crippen molar-refractivity contribution in [2.45, 2.75) is 25.8 Å². The molecule has 1 aliphatic rings. The molecule has 0 spiro atoms. The first-order valence-corrected chi connectivity index (χ1v) is 7.04. The molecule has 1 heterocycles. The van der Waals surface area contributed by atoms with Gasteiger partial charge < -0.3 is 5.32 Å². The zero-order chi connectivity index (χ0) is 11.3. The van der Waals surface area contributed by atoms with Gasteiger partial charge in [-0.2, -0.15) is 4.31 Å². The summed E-state index contributed by atoms with van der Waals surface area (Å²) in [6.45, 7) is 7.75. The molecule has 0 radical (unpaired) electrons. The van der Waals surface area contributed by atoms with Crippen molar-refractivity contribution in [1.82, 2.24) is 9.62 Å². The lowest BCUT2D eigenvalue weighted by atomic mass is 10.1. The number of piperidine rings is 1. The van der Waals surface area contributed by atoms with E-state index in [-0.39, 0.29) is 11.8 Å². The van der Waals surface area contributed by atoms with Crippen molar-refractivity contribution < 1.29 is 8.42 Å². The first-order valence-electron chi connectivity index (χ1n) is 5.43. The van der Waals surface area contributed by atoms with Crippen molar-refractivity contribution in [3.63, 3.8) is 0 Å². The fraction of sp³-hybridized carbons (Fsp3) is 0.800. The highest BCUT2D eigenvalue weighted by atomic mass is 32.2. The predicted octanol–water partition coefficient (Wildman–Crippen LogP) is 0.576. The van der Waals surface area contributed by atoms with E-state index in [1.54, 1.807) is 4.31 Å². The molecule has 0 unspecified atom stereocenters. The van der Waals surface area contributed by atoms with Gasteiger partial charge in [-0.1, -0.05) is 13.0 Å². The van der Waals surface area contributed by atoms with Crippen LogP contribution in [0.4, 0.5) is 0 Å². The molecule has 1 aliphatic heterocycles. The molecule has 0 bridgehead atoms. The number of sulfonamides is 1. The van der Waals surface area contributed by atoms with Crippen LogP contribution in [0.25, 0.3) is 0 Å². The van der Waals surface area contributed by atoms with Crippen LogP contribution in [-0.4, -0.2) is 44.2 Å². The maximum atomic E-state index is 11.9. The third-order valence-electron chi connectivity index (χ3n) is 2.71. The second-order valence-corrected chi connectivity index (χ2v) is 5.72. The van der Waals surface area contributed by atoms with E-state index in [9.17, 15) is 8.42 Å².